The van der Waals surface area contributed by atoms with Gasteiger partial charge in [0.05, 0.1) is 18.2 Å². The fraction of sp³-hybridized carbons (Fsp3) is 0.389. The Morgan fingerprint density at radius 3 is 2.41 bits per heavy atom. The Hall–Kier alpha value is -1.46. The van der Waals surface area contributed by atoms with E-state index >= 15 is 0 Å². The zero-order valence-corrected chi connectivity index (χ0v) is 20.0. The highest BCUT2D eigenvalue weighted by Gasteiger charge is 2.12. The maximum atomic E-state index is 12.5. The van der Waals surface area contributed by atoms with Crippen molar-refractivity contribution < 1.29 is 18.3 Å². The van der Waals surface area contributed by atoms with Crippen LogP contribution in [0.15, 0.2) is 29.3 Å². The van der Waals surface area contributed by atoms with E-state index in [0.717, 1.165) is 11.3 Å². The highest BCUT2D eigenvalue weighted by molar-refractivity contribution is 14.0. The van der Waals surface area contributed by atoms with Crippen molar-refractivity contribution in [1.82, 2.24) is 15.2 Å². The lowest BCUT2D eigenvalue weighted by atomic mass is 10.2. The second-order valence-corrected chi connectivity index (χ2v) is 6.47. The minimum absolute atomic E-state index is 0. The molecule has 0 aliphatic rings. The number of benzene rings is 1. The lowest BCUT2D eigenvalue weighted by molar-refractivity contribution is -0.0514. The van der Waals surface area contributed by atoms with Crippen LogP contribution in [0.4, 0.5) is 8.78 Å². The standard InChI is InChI=1S/C18H22Cl2F2N4O2.HI/c1-4-27-15-7-11(5-6-14(15)28-17(21)22)9-24-18(23-2)25-10-12-8-13(19)16(20)26(12)3;/h5-8,17H,4,9-10H2,1-3H3,(H2,23,24,25);1H. The number of guanidine groups is 1. The van der Waals surface area contributed by atoms with Gasteiger partial charge in [0, 0.05) is 26.3 Å². The zero-order chi connectivity index (χ0) is 20.7. The summed E-state index contributed by atoms with van der Waals surface area (Å²) < 4.78 is 36.6. The molecular formula is C18H23Cl2F2IN4O2. The van der Waals surface area contributed by atoms with Gasteiger partial charge in [-0.15, -0.1) is 24.0 Å². The van der Waals surface area contributed by atoms with Crippen LogP contribution < -0.4 is 20.1 Å². The molecule has 6 nitrogen and oxygen atoms in total. The largest absolute Gasteiger partial charge is 0.490 e. The Bertz CT molecular complexity index is 834. The predicted molar refractivity (Wildman–Crippen MR) is 122 cm³/mol. The minimum atomic E-state index is -2.91. The van der Waals surface area contributed by atoms with Crippen molar-refractivity contribution in [2.24, 2.45) is 12.0 Å². The maximum absolute atomic E-state index is 12.5. The van der Waals surface area contributed by atoms with Crippen LogP contribution in [0.2, 0.25) is 10.2 Å². The monoisotopic (exact) mass is 562 g/mol. The second kappa shape index (κ2) is 12.3. The van der Waals surface area contributed by atoms with Crippen LogP contribution in [0.25, 0.3) is 0 Å². The molecule has 0 saturated carbocycles. The molecule has 11 heteroatoms. The lowest BCUT2D eigenvalue weighted by Crippen LogP contribution is -2.36. The summed E-state index contributed by atoms with van der Waals surface area (Å²) >= 11 is 12.1. The molecule has 1 aromatic heterocycles. The number of hydrogen-bond acceptors (Lipinski definition) is 3. The molecule has 0 unspecified atom stereocenters. The van der Waals surface area contributed by atoms with E-state index in [1.165, 1.54) is 6.07 Å². The van der Waals surface area contributed by atoms with Gasteiger partial charge < -0.3 is 24.7 Å². The Labute approximate surface area is 195 Å². The number of nitrogens with one attached hydrogen (secondary N) is 2. The van der Waals surface area contributed by atoms with Crippen LogP contribution in [0.3, 0.4) is 0 Å². The first kappa shape index (κ1) is 25.6. The van der Waals surface area contributed by atoms with E-state index in [4.69, 9.17) is 27.9 Å². The zero-order valence-electron chi connectivity index (χ0n) is 16.1. The molecule has 0 radical (unpaired) electrons. The molecule has 0 aliphatic heterocycles. The molecule has 0 aliphatic carbocycles. The quantitative estimate of drug-likeness (QED) is 0.275. The second-order valence-electron chi connectivity index (χ2n) is 5.71. The molecule has 29 heavy (non-hydrogen) atoms. The number of halogens is 5. The van der Waals surface area contributed by atoms with Crippen molar-refractivity contribution in [3.8, 4) is 11.5 Å². The third kappa shape index (κ3) is 7.38. The summed E-state index contributed by atoms with van der Waals surface area (Å²) in [6.07, 6.45) is 0. The van der Waals surface area contributed by atoms with E-state index < -0.39 is 6.61 Å². The number of rotatable bonds is 8. The Morgan fingerprint density at radius 2 is 1.86 bits per heavy atom. The first-order valence-corrected chi connectivity index (χ1v) is 9.25. The molecule has 1 aromatic carbocycles. The van der Waals surface area contributed by atoms with E-state index in [9.17, 15) is 8.78 Å². The SMILES string of the molecule is CCOc1cc(CNC(=NC)NCc2cc(Cl)c(Cl)n2C)ccc1OC(F)F.I. The summed E-state index contributed by atoms with van der Waals surface area (Å²) in [5.74, 6) is 0.818. The highest BCUT2D eigenvalue weighted by atomic mass is 127. The molecular weight excluding hydrogens is 540 g/mol. The summed E-state index contributed by atoms with van der Waals surface area (Å²) in [7, 11) is 3.46. The smallest absolute Gasteiger partial charge is 0.387 e. The molecule has 0 bridgehead atoms. The molecule has 0 fully saturated rings. The van der Waals surface area contributed by atoms with E-state index in [1.54, 1.807) is 36.7 Å². The van der Waals surface area contributed by atoms with E-state index in [2.05, 4.69) is 20.4 Å². The number of alkyl halides is 2. The van der Waals surface area contributed by atoms with Crippen molar-refractivity contribution in [3.05, 3.63) is 45.7 Å². The minimum Gasteiger partial charge on any atom is -0.490 e. The number of hydrogen-bond donors (Lipinski definition) is 2. The van der Waals surface area contributed by atoms with Crippen LogP contribution in [-0.2, 0) is 20.1 Å². The number of aliphatic imine (C=N–C) groups is 1. The van der Waals surface area contributed by atoms with Crippen LogP contribution in [-0.4, -0.2) is 30.8 Å². The Morgan fingerprint density at radius 1 is 1.17 bits per heavy atom. The van der Waals surface area contributed by atoms with Gasteiger partial charge in [0.1, 0.15) is 5.15 Å². The van der Waals surface area contributed by atoms with Gasteiger partial charge in [0.2, 0.25) is 0 Å². The first-order chi connectivity index (χ1) is 13.3. The predicted octanol–water partition coefficient (Wildman–Crippen LogP) is 4.82. The highest BCUT2D eigenvalue weighted by Crippen LogP contribution is 2.30. The van der Waals surface area contributed by atoms with Gasteiger partial charge in [-0.1, -0.05) is 29.3 Å². The van der Waals surface area contributed by atoms with E-state index in [1.807, 2.05) is 7.05 Å². The molecule has 2 rings (SSSR count). The van der Waals surface area contributed by atoms with Gasteiger partial charge >= 0.3 is 6.61 Å². The van der Waals surface area contributed by atoms with Crippen LogP contribution in [0.1, 0.15) is 18.2 Å². The van der Waals surface area contributed by atoms with Crippen LogP contribution in [0, 0.1) is 0 Å². The van der Waals surface area contributed by atoms with Crippen molar-refractivity contribution in [2.45, 2.75) is 26.6 Å². The average Bonchev–Trinajstić information content (AvgIpc) is 2.90. The van der Waals surface area contributed by atoms with Gasteiger partial charge in [0.25, 0.3) is 0 Å². The normalized spacial score (nSPS) is 11.2. The third-order valence-electron chi connectivity index (χ3n) is 3.86. The Kier molecular flexibility index (Phi) is 10.8. The molecule has 0 spiro atoms. The maximum Gasteiger partial charge on any atom is 0.387 e. The van der Waals surface area contributed by atoms with Gasteiger partial charge in [-0.3, -0.25) is 4.99 Å². The molecule has 1 heterocycles. The van der Waals surface area contributed by atoms with Gasteiger partial charge in [0.15, 0.2) is 17.5 Å². The summed E-state index contributed by atoms with van der Waals surface area (Å²) in [5, 5.41) is 7.26. The molecule has 162 valence electrons. The van der Waals surface area contributed by atoms with Crippen molar-refractivity contribution in [1.29, 1.82) is 0 Å². The van der Waals surface area contributed by atoms with Gasteiger partial charge in [-0.05, 0) is 30.7 Å². The number of ether oxygens (including phenoxy) is 2. The summed E-state index contributed by atoms with van der Waals surface area (Å²) in [5.41, 5.74) is 1.71. The number of nitrogens with zero attached hydrogens (tertiary/aromatic N) is 2. The lowest BCUT2D eigenvalue weighted by Gasteiger charge is -2.15. The molecule has 0 atom stereocenters. The first-order valence-electron chi connectivity index (χ1n) is 8.50. The van der Waals surface area contributed by atoms with E-state index in [-0.39, 0.29) is 35.5 Å². The van der Waals surface area contributed by atoms with Gasteiger partial charge in [-0.25, -0.2) is 0 Å². The van der Waals surface area contributed by atoms with Crippen molar-refractivity contribution >= 4 is 53.1 Å². The van der Waals surface area contributed by atoms with Gasteiger partial charge in [-0.2, -0.15) is 8.78 Å². The van der Waals surface area contributed by atoms with Crippen molar-refractivity contribution in [3.63, 3.8) is 0 Å². The Balaban J connectivity index is 0.00000420. The summed E-state index contributed by atoms with van der Waals surface area (Å²) in [6, 6.07) is 6.56. The summed E-state index contributed by atoms with van der Waals surface area (Å²) in [6.45, 7) is 0.0646. The molecule has 2 N–H and O–H groups in total. The van der Waals surface area contributed by atoms with Crippen LogP contribution in [0.5, 0.6) is 11.5 Å². The van der Waals surface area contributed by atoms with E-state index in [0.29, 0.717) is 35.8 Å². The molecule has 0 amide bonds. The summed E-state index contributed by atoms with van der Waals surface area (Å²) in [4.78, 5) is 4.16. The van der Waals surface area contributed by atoms with Crippen LogP contribution >= 0.6 is 47.2 Å². The average molecular weight is 563 g/mol. The fourth-order valence-corrected chi connectivity index (χ4v) is 2.88. The number of aromatic nitrogens is 1. The topological polar surface area (TPSA) is 59.8 Å². The fourth-order valence-electron chi connectivity index (χ4n) is 2.46. The third-order valence-corrected chi connectivity index (χ3v) is 4.70. The molecule has 0 saturated heterocycles. The molecule has 2 aromatic rings. The van der Waals surface area contributed by atoms with Crippen molar-refractivity contribution in [2.75, 3.05) is 13.7 Å².